The van der Waals surface area contributed by atoms with E-state index in [0.29, 0.717) is 9.47 Å². The van der Waals surface area contributed by atoms with Crippen molar-refractivity contribution < 1.29 is 4.39 Å². The summed E-state index contributed by atoms with van der Waals surface area (Å²) in [5.41, 5.74) is 10.7. The lowest BCUT2D eigenvalue weighted by Crippen LogP contribution is -1.88. The van der Waals surface area contributed by atoms with Gasteiger partial charge in [-0.2, -0.15) is 0 Å². The molecule has 0 saturated heterocycles. The number of nitrogens with two attached hydrogens (primary N) is 2. The lowest BCUT2D eigenvalue weighted by Gasteiger charge is -1.92. The minimum Gasteiger partial charge on any atom is -0.397 e. The van der Waals surface area contributed by atoms with Crippen molar-refractivity contribution in [3.8, 4) is 0 Å². The van der Waals surface area contributed by atoms with Gasteiger partial charge in [-0.1, -0.05) is 48.4 Å². The predicted octanol–water partition coefficient (Wildman–Crippen LogP) is 3.86. The number of thiazole rings is 1. The van der Waals surface area contributed by atoms with E-state index in [1.165, 1.54) is 23.7 Å². The molecule has 0 bridgehead atoms. The van der Waals surface area contributed by atoms with Crippen LogP contribution in [0, 0.1) is 5.82 Å². The molecule has 18 heavy (non-hydrogen) atoms. The molecular weight excluding hydrogens is 298 g/mol. The SMILES string of the molecule is CC.Nc1cnc(Cl)c(F)c1.Nc1cnc(Cl)s1. The van der Waals surface area contributed by atoms with Crippen molar-refractivity contribution in [2.24, 2.45) is 0 Å². The predicted molar refractivity (Wildman–Crippen MR) is 76.5 cm³/mol. The number of hydrogen-bond acceptors (Lipinski definition) is 5. The van der Waals surface area contributed by atoms with Crippen molar-refractivity contribution in [3.05, 3.63) is 33.9 Å². The summed E-state index contributed by atoms with van der Waals surface area (Å²) in [6, 6.07) is 1.12. The Hall–Kier alpha value is -1.11. The lowest BCUT2D eigenvalue weighted by atomic mass is 10.4. The Kier molecular flexibility index (Phi) is 8.36. The summed E-state index contributed by atoms with van der Waals surface area (Å²) in [4.78, 5) is 7.12. The minimum atomic E-state index is -0.586. The van der Waals surface area contributed by atoms with Crippen LogP contribution in [0.3, 0.4) is 0 Å². The summed E-state index contributed by atoms with van der Waals surface area (Å²) in [7, 11) is 0. The van der Waals surface area contributed by atoms with E-state index in [0.717, 1.165) is 6.07 Å². The van der Waals surface area contributed by atoms with Gasteiger partial charge in [-0.15, -0.1) is 0 Å². The number of rotatable bonds is 0. The highest BCUT2D eigenvalue weighted by Crippen LogP contribution is 2.18. The van der Waals surface area contributed by atoms with Gasteiger partial charge in [-0.25, -0.2) is 14.4 Å². The fraction of sp³-hybridized carbons (Fsp3) is 0.200. The van der Waals surface area contributed by atoms with E-state index in [1.54, 1.807) is 0 Å². The zero-order chi connectivity index (χ0) is 14.1. The summed E-state index contributed by atoms with van der Waals surface area (Å²) >= 11 is 11.9. The maximum Gasteiger partial charge on any atom is 0.185 e. The first-order chi connectivity index (χ1) is 8.49. The molecule has 0 aliphatic rings. The normalized spacial score (nSPS) is 8.72. The van der Waals surface area contributed by atoms with Gasteiger partial charge in [0.05, 0.1) is 18.1 Å². The highest BCUT2D eigenvalue weighted by molar-refractivity contribution is 7.19. The Morgan fingerprint density at radius 2 is 1.78 bits per heavy atom. The number of hydrogen-bond donors (Lipinski definition) is 2. The summed E-state index contributed by atoms with van der Waals surface area (Å²) in [5, 5.41) is 0.509. The summed E-state index contributed by atoms with van der Waals surface area (Å²) in [6.45, 7) is 4.00. The quantitative estimate of drug-likeness (QED) is 0.724. The number of pyridine rings is 1. The highest BCUT2D eigenvalue weighted by atomic mass is 35.5. The number of anilines is 2. The third-order valence-electron chi connectivity index (χ3n) is 1.31. The van der Waals surface area contributed by atoms with Crippen LogP contribution in [0.4, 0.5) is 15.1 Å². The summed E-state index contributed by atoms with van der Waals surface area (Å²) in [5.74, 6) is -0.586. The van der Waals surface area contributed by atoms with E-state index in [2.05, 4.69) is 9.97 Å². The molecule has 0 aliphatic heterocycles. The molecule has 8 heteroatoms. The van der Waals surface area contributed by atoms with Gasteiger partial charge in [-0.3, -0.25) is 0 Å². The Balaban J connectivity index is 0.000000289. The van der Waals surface area contributed by atoms with Gasteiger partial charge in [0.15, 0.2) is 15.4 Å². The number of nitrogen functional groups attached to an aromatic ring is 2. The first-order valence-electron chi connectivity index (χ1n) is 4.92. The summed E-state index contributed by atoms with van der Waals surface area (Å²) < 4.78 is 12.8. The maximum absolute atomic E-state index is 12.3. The first-order valence-corrected chi connectivity index (χ1v) is 6.49. The third-order valence-corrected chi connectivity index (χ3v) is 2.53. The molecule has 4 N–H and O–H groups in total. The molecule has 4 nitrogen and oxygen atoms in total. The van der Waals surface area contributed by atoms with E-state index >= 15 is 0 Å². The third kappa shape index (κ3) is 6.58. The molecular formula is C10H13Cl2FN4S. The molecule has 0 fully saturated rings. The van der Waals surface area contributed by atoms with Crippen LogP contribution in [0.5, 0.6) is 0 Å². The van der Waals surface area contributed by atoms with E-state index in [9.17, 15) is 4.39 Å². The average molecular weight is 311 g/mol. The molecule has 2 rings (SSSR count). The second kappa shape index (κ2) is 8.91. The number of nitrogens with zero attached hydrogens (tertiary/aromatic N) is 2. The molecule has 0 unspecified atom stereocenters. The molecule has 0 saturated carbocycles. The van der Waals surface area contributed by atoms with Crippen LogP contribution in [0.2, 0.25) is 9.62 Å². The number of halogens is 3. The van der Waals surface area contributed by atoms with Crippen LogP contribution < -0.4 is 11.5 Å². The van der Waals surface area contributed by atoms with Crippen LogP contribution in [0.15, 0.2) is 18.5 Å². The molecule has 2 heterocycles. The van der Waals surface area contributed by atoms with Gasteiger partial charge in [0, 0.05) is 6.07 Å². The topological polar surface area (TPSA) is 77.8 Å². The Morgan fingerprint density at radius 3 is 2.06 bits per heavy atom. The maximum atomic E-state index is 12.3. The average Bonchev–Trinajstić information content (AvgIpc) is 2.72. The molecule has 0 amide bonds. The fourth-order valence-electron chi connectivity index (χ4n) is 0.700. The van der Waals surface area contributed by atoms with E-state index in [-0.39, 0.29) is 10.8 Å². The van der Waals surface area contributed by atoms with Crippen LogP contribution >= 0.6 is 34.5 Å². The molecule has 0 aromatic carbocycles. The van der Waals surface area contributed by atoms with Crippen LogP contribution in [0.1, 0.15) is 13.8 Å². The first kappa shape index (κ1) is 16.9. The van der Waals surface area contributed by atoms with Crippen LogP contribution in [-0.2, 0) is 0 Å². The van der Waals surface area contributed by atoms with E-state index < -0.39 is 5.82 Å². The van der Waals surface area contributed by atoms with Crippen LogP contribution in [0.25, 0.3) is 0 Å². The summed E-state index contributed by atoms with van der Waals surface area (Å²) in [6.07, 6.45) is 2.83. The van der Waals surface area contributed by atoms with Crippen LogP contribution in [-0.4, -0.2) is 9.97 Å². The lowest BCUT2D eigenvalue weighted by molar-refractivity contribution is 0.623. The fourth-order valence-corrected chi connectivity index (χ4v) is 1.53. The van der Waals surface area contributed by atoms with Gasteiger partial charge >= 0.3 is 0 Å². The Labute approximate surface area is 119 Å². The van der Waals surface area contributed by atoms with E-state index in [4.69, 9.17) is 34.7 Å². The highest BCUT2D eigenvalue weighted by Gasteiger charge is 1.97. The molecule has 0 radical (unpaired) electrons. The van der Waals surface area contributed by atoms with Gasteiger partial charge in [-0.05, 0) is 0 Å². The van der Waals surface area contributed by atoms with Gasteiger partial charge in [0.2, 0.25) is 0 Å². The monoisotopic (exact) mass is 310 g/mol. The van der Waals surface area contributed by atoms with E-state index in [1.807, 2.05) is 13.8 Å². The van der Waals surface area contributed by atoms with Crippen molar-refractivity contribution in [2.75, 3.05) is 11.5 Å². The molecule has 0 aliphatic carbocycles. The van der Waals surface area contributed by atoms with Crippen molar-refractivity contribution in [1.82, 2.24) is 9.97 Å². The number of aromatic nitrogens is 2. The molecule has 0 atom stereocenters. The van der Waals surface area contributed by atoms with Gasteiger partial charge in [0.1, 0.15) is 5.00 Å². The minimum absolute atomic E-state index is 0.149. The molecule has 0 spiro atoms. The van der Waals surface area contributed by atoms with Crippen molar-refractivity contribution in [2.45, 2.75) is 13.8 Å². The largest absolute Gasteiger partial charge is 0.397 e. The molecule has 100 valence electrons. The van der Waals surface area contributed by atoms with Crippen molar-refractivity contribution in [1.29, 1.82) is 0 Å². The zero-order valence-corrected chi connectivity index (χ0v) is 12.2. The molecule has 2 aromatic rings. The van der Waals surface area contributed by atoms with Crippen molar-refractivity contribution >= 4 is 45.2 Å². The van der Waals surface area contributed by atoms with Gasteiger partial charge < -0.3 is 11.5 Å². The second-order valence-electron chi connectivity index (χ2n) is 2.56. The van der Waals surface area contributed by atoms with Crippen molar-refractivity contribution in [3.63, 3.8) is 0 Å². The molecule has 2 aromatic heterocycles. The van der Waals surface area contributed by atoms with Gasteiger partial charge in [0.25, 0.3) is 0 Å². The standard InChI is InChI=1S/C5H4ClFN2.C3H3ClN2S.C2H6/c6-5-4(7)1-3(8)2-9-5;4-3-6-1-2(5)7-3;1-2/h1-2H,8H2;1H,5H2;1-2H3. The smallest absolute Gasteiger partial charge is 0.185 e. The Bertz CT molecular complexity index is 462. The second-order valence-corrected chi connectivity index (χ2v) is 4.56. The Morgan fingerprint density at radius 1 is 1.17 bits per heavy atom. The zero-order valence-electron chi connectivity index (χ0n) is 9.82.